The van der Waals surface area contributed by atoms with Crippen molar-refractivity contribution in [2.45, 2.75) is 83.9 Å². The molecular weight excluding hydrogens is 496 g/mol. The van der Waals surface area contributed by atoms with Gasteiger partial charge in [-0.25, -0.2) is 9.37 Å². The monoisotopic (exact) mass is 528 g/mol. The Balaban J connectivity index is 0.000000360. The van der Waals surface area contributed by atoms with E-state index in [2.05, 4.69) is 15.0 Å². The number of fused-ring (bicyclic) bond motifs is 1. The van der Waals surface area contributed by atoms with Gasteiger partial charge in [0.25, 0.3) is 5.56 Å². The number of halogens is 4. The smallest absolute Gasteiger partial charge is 0.285 e. The third-order valence-electron chi connectivity index (χ3n) is 7.04. The van der Waals surface area contributed by atoms with Crippen LogP contribution in [0.15, 0.2) is 58.9 Å². The van der Waals surface area contributed by atoms with Gasteiger partial charge in [-0.05, 0) is 75.3 Å². The van der Waals surface area contributed by atoms with Crippen molar-refractivity contribution in [3.05, 3.63) is 87.0 Å². The largest absolute Gasteiger partial charge is 0.418 e. The Morgan fingerprint density at radius 3 is 2.53 bits per heavy atom. The highest BCUT2D eigenvalue weighted by molar-refractivity contribution is 5.71. The molecule has 3 aromatic rings. The maximum atomic E-state index is 13.5. The molecule has 0 aliphatic heterocycles. The second kappa shape index (κ2) is 12.0. The fourth-order valence-electron chi connectivity index (χ4n) is 4.98. The van der Waals surface area contributed by atoms with Gasteiger partial charge >= 0.3 is 6.18 Å². The minimum atomic E-state index is -4.55. The van der Waals surface area contributed by atoms with Crippen LogP contribution >= 0.6 is 0 Å². The van der Waals surface area contributed by atoms with Gasteiger partial charge in [0.2, 0.25) is 0 Å². The lowest BCUT2D eigenvalue weighted by Crippen LogP contribution is -2.29. The molecule has 0 radical (unpaired) electrons. The molecular formula is C29H32F4N4O. The van der Waals surface area contributed by atoms with Crippen LogP contribution in [0.1, 0.15) is 87.2 Å². The lowest BCUT2D eigenvalue weighted by Gasteiger charge is -2.23. The molecule has 38 heavy (non-hydrogen) atoms. The van der Waals surface area contributed by atoms with E-state index < -0.39 is 11.7 Å². The summed E-state index contributed by atoms with van der Waals surface area (Å²) in [7, 11) is 0. The van der Waals surface area contributed by atoms with Crippen LogP contribution in [0.3, 0.4) is 0 Å². The summed E-state index contributed by atoms with van der Waals surface area (Å²) in [5.74, 6) is 0.0223. The summed E-state index contributed by atoms with van der Waals surface area (Å²) in [5, 5.41) is 0. The molecule has 5 nitrogen and oxygen atoms in total. The van der Waals surface area contributed by atoms with Gasteiger partial charge in [-0.3, -0.25) is 19.3 Å². The van der Waals surface area contributed by atoms with E-state index in [1.807, 2.05) is 13.8 Å². The average Bonchev–Trinajstić information content (AvgIpc) is 2.90. The molecule has 1 saturated carbocycles. The van der Waals surface area contributed by atoms with Gasteiger partial charge in [0.05, 0.1) is 23.5 Å². The fourth-order valence-corrected chi connectivity index (χ4v) is 4.98. The van der Waals surface area contributed by atoms with E-state index in [9.17, 15) is 22.4 Å². The number of nitrogens with zero attached hydrogens (tertiary/aromatic N) is 4. The average molecular weight is 529 g/mol. The Hall–Kier alpha value is -3.36. The van der Waals surface area contributed by atoms with Gasteiger partial charge in [-0.15, -0.1) is 0 Å². The number of pyridine rings is 2. The summed E-state index contributed by atoms with van der Waals surface area (Å²) in [6, 6.07) is 4.02. The van der Waals surface area contributed by atoms with E-state index in [0.717, 1.165) is 56.6 Å². The lowest BCUT2D eigenvalue weighted by atomic mass is 9.84. The highest BCUT2D eigenvalue weighted by Crippen LogP contribution is 2.33. The first-order chi connectivity index (χ1) is 18.2. The van der Waals surface area contributed by atoms with Crippen molar-refractivity contribution in [3.8, 4) is 0 Å². The summed E-state index contributed by atoms with van der Waals surface area (Å²) in [6.07, 6.45) is 9.15. The van der Waals surface area contributed by atoms with Crippen LogP contribution in [-0.2, 0) is 19.1 Å². The van der Waals surface area contributed by atoms with Crippen LogP contribution in [-0.4, -0.2) is 19.5 Å². The first kappa shape index (κ1) is 27.7. The van der Waals surface area contributed by atoms with Crippen LogP contribution in [0, 0.1) is 0 Å². The van der Waals surface area contributed by atoms with E-state index in [1.54, 1.807) is 24.4 Å². The first-order valence-electron chi connectivity index (χ1n) is 13.1. The van der Waals surface area contributed by atoms with E-state index >= 15 is 0 Å². The second-order valence-corrected chi connectivity index (χ2v) is 9.86. The first-order valence-corrected chi connectivity index (χ1v) is 13.1. The SMILES string of the molecule is CC1=CC(F)=CCC1.CCc1cnc2cc(C3CCCCC3)c(=O)n(Cc3ncccc3C(F)(F)F)c2n1. The molecule has 0 unspecified atom stereocenters. The number of rotatable bonds is 4. The molecule has 0 bridgehead atoms. The van der Waals surface area contributed by atoms with Crippen molar-refractivity contribution in [2.24, 2.45) is 0 Å². The molecule has 0 amide bonds. The zero-order valence-electron chi connectivity index (χ0n) is 21.7. The number of hydrogen-bond donors (Lipinski definition) is 0. The minimum absolute atomic E-state index is 0.0752. The standard InChI is InChI=1S/C22H23F3N4O.C7H9F/c1-2-15-12-27-18-11-16(14-7-4-3-5-8-14)21(30)29(20(18)28-15)13-19-17(22(23,24)25)9-6-10-26-19;1-6-3-2-4-7(8)5-6/h6,9-12,14H,2-5,7-8,13H2,1H3;4-5H,2-3H2,1H3. The molecule has 3 heterocycles. The van der Waals surface area contributed by atoms with E-state index in [1.165, 1.54) is 16.8 Å². The van der Waals surface area contributed by atoms with Crippen molar-refractivity contribution in [2.75, 3.05) is 0 Å². The Morgan fingerprint density at radius 2 is 1.89 bits per heavy atom. The number of hydrogen-bond acceptors (Lipinski definition) is 4. The van der Waals surface area contributed by atoms with Crippen LogP contribution in [0.25, 0.3) is 11.2 Å². The zero-order chi connectivity index (χ0) is 27.3. The van der Waals surface area contributed by atoms with Crippen molar-refractivity contribution < 1.29 is 17.6 Å². The van der Waals surface area contributed by atoms with E-state index in [0.29, 0.717) is 28.8 Å². The molecule has 2 aliphatic rings. The van der Waals surface area contributed by atoms with Gasteiger partial charge in [0.15, 0.2) is 5.65 Å². The van der Waals surface area contributed by atoms with Crippen molar-refractivity contribution >= 4 is 11.2 Å². The number of allylic oxidation sites excluding steroid dienone is 4. The predicted octanol–water partition coefficient (Wildman–Crippen LogP) is 7.44. The Labute approximate surface area is 219 Å². The molecule has 0 saturated heterocycles. The predicted molar refractivity (Wildman–Crippen MR) is 140 cm³/mol. The summed E-state index contributed by atoms with van der Waals surface area (Å²) in [5.41, 5.74) is 1.93. The Morgan fingerprint density at radius 1 is 1.13 bits per heavy atom. The molecule has 1 fully saturated rings. The third kappa shape index (κ3) is 6.55. The van der Waals surface area contributed by atoms with E-state index in [-0.39, 0.29) is 29.5 Å². The zero-order valence-corrected chi connectivity index (χ0v) is 21.7. The van der Waals surface area contributed by atoms with Gasteiger partial charge in [-0.1, -0.05) is 31.8 Å². The molecule has 0 spiro atoms. The quantitative estimate of drug-likeness (QED) is 0.330. The van der Waals surface area contributed by atoms with E-state index in [4.69, 9.17) is 0 Å². The molecule has 0 aromatic carbocycles. The summed E-state index contributed by atoms with van der Waals surface area (Å²) in [6.45, 7) is 3.56. The normalized spacial score (nSPS) is 16.5. The molecule has 0 N–H and O–H groups in total. The maximum Gasteiger partial charge on any atom is 0.418 e. The summed E-state index contributed by atoms with van der Waals surface area (Å²) in [4.78, 5) is 26.4. The van der Waals surface area contributed by atoms with Crippen molar-refractivity contribution in [1.29, 1.82) is 0 Å². The minimum Gasteiger partial charge on any atom is -0.285 e. The molecule has 0 atom stereocenters. The number of aromatic nitrogens is 4. The fraction of sp³-hybridized carbons (Fsp3) is 0.448. The van der Waals surface area contributed by atoms with Crippen LogP contribution in [0.4, 0.5) is 17.6 Å². The molecule has 3 aromatic heterocycles. The second-order valence-electron chi connectivity index (χ2n) is 9.86. The summed E-state index contributed by atoms with van der Waals surface area (Å²) < 4.78 is 54.0. The van der Waals surface area contributed by atoms with Gasteiger partial charge in [-0.2, -0.15) is 13.2 Å². The van der Waals surface area contributed by atoms with Gasteiger partial charge in [0, 0.05) is 18.0 Å². The maximum absolute atomic E-state index is 13.5. The topological polar surface area (TPSA) is 60.7 Å². The van der Waals surface area contributed by atoms with Crippen LogP contribution in [0.2, 0.25) is 0 Å². The highest BCUT2D eigenvalue weighted by atomic mass is 19.4. The van der Waals surface area contributed by atoms with Crippen molar-refractivity contribution in [1.82, 2.24) is 19.5 Å². The number of aryl methyl sites for hydroxylation is 1. The molecule has 5 rings (SSSR count). The Kier molecular flexibility index (Phi) is 8.74. The molecule has 202 valence electrons. The van der Waals surface area contributed by atoms with Crippen molar-refractivity contribution in [3.63, 3.8) is 0 Å². The molecule has 2 aliphatic carbocycles. The summed E-state index contributed by atoms with van der Waals surface area (Å²) >= 11 is 0. The Bertz CT molecular complexity index is 1400. The van der Waals surface area contributed by atoms with Gasteiger partial charge < -0.3 is 0 Å². The number of alkyl halides is 3. The molecule has 9 heteroatoms. The van der Waals surface area contributed by atoms with Crippen LogP contribution in [0.5, 0.6) is 0 Å². The van der Waals surface area contributed by atoms with Crippen LogP contribution < -0.4 is 5.56 Å². The van der Waals surface area contributed by atoms with Gasteiger partial charge in [0.1, 0.15) is 11.3 Å². The third-order valence-corrected chi connectivity index (χ3v) is 7.04. The lowest BCUT2D eigenvalue weighted by molar-refractivity contribution is -0.138. The highest BCUT2D eigenvalue weighted by Gasteiger charge is 2.34.